The predicted octanol–water partition coefficient (Wildman–Crippen LogP) is 4.39. The molecule has 0 aliphatic carbocycles. The number of halogens is 3. The fraction of sp³-hybridized carbons (Fsp3) is 0.433. The van der Waals surface area contributed by atoms with Gasteiger partial charge in [0.25, 0.3) is 5.91 Å². The van der Waals surface area contributed by atoms with Crippen molar-refractivity contribution in [2.75, 3.05) is 55.0 Å². The highest BCUT2D eigenvalue weighted by Gasteiger charge is 2.36. The highest BCUT2D eigenvalue weighted by Crippen LogP contribution is 2.36. The van der Waals surface area contributed by atoms with Crippen molar-refractivity contribution in [1.82, 2.24) is 20.2 Å². The van der Waals surface area contributed by atoms with E-state index < -0.39 is 27.6 Å². The second kappa shape index (κ2) is 12.7. The van der Waals surface area contributed by atoms with E-state index in [1.165, 1.54) is 14.2 Å². The summed E-state index contributed by atoms with van der Waals surface area (Å²) in [4.78, 5) is 23.4. The average molecular weight is 648 g/mol. The summed E-state index contributed by atoms with van der Waals surface area (Å²) >= 11 is 0. The summed E-state index contributed by atoms with van der Waals surface area (Å²) in [6.45, 7) is 4.58. The molecular formula is C30H36F3N7O4S. The molecule has 3 fully saturated rings. The molecule has 3 aliphatic rings. The SMILES string of the molecule is COc1cc(C(=O)N[C@@H]2CN3CCC2CC3)ccc1Nc1ncc(C(F)(F)F)c(NCc2ccc(C)cc2N(C)S(C)(=O)=O)n1. The largest absolute Gasteiger partial charge is 0.495 e. The first kappa shape index (κ1) is 32.3. The molecule has 2 bridgehead atoms. The van der Waals surface area contributed by atoms with Crippen LogP contribution in [0.15, 0.2) is 42.6 Å². The first-order valence-electron chi connectivity index (χ1n) is 14.4. The second-order valence-electron chi connectivity index (χ2n) is 11.4. The normalized spacial score (nSPS) is 19.6. The van der Waals surface area contributed by atoms with E-state index in [-0.39, 0.29) is 30.2 Å². The number of aromatic nitrogens is 2. The van der Waals surface area contributed by atoms with Gasteiger partial charge in [0, 0.05) is 37.9 Å². The molecule has 11 nitrogen and oxygen atoms in total. The second-order valence-corrected chi connectivity index (χ2v) is 13.4. The number of fused-ring (bicyclic) bond motifs is 3. The van der Waals surface area contributed by atoms with Crippen LogP contribution in [0.5, 0.6) is 5.75 Å². The van der Waals surface area contributed by atoms with Crippen molar-refractivity contribution in [3.05, 3.63) is 64.8 Å². The van der Waals surface area contributed by atoms with Crippen molar-refractivity contribution < 1.29 is 31.1 Å². The van der Waals surface area contributed by atoms with E-state index in [9.17, 15) is 26.4 Å². The molecule has 3 saturated heterocycles. The van der Waals surface area contributed by atoms with Crippen LogP contribution in [-0.2, 0) is 22.7 Å². The summed E-state index contributed by atoms with van der Waals surface area (Å²) in [6.07, 6.45) is -0.932. The van der Waals surface area contributed by atoms with Gasteiger partial charge in [0.05, 0.1) is 24.7 Å². The third-order valence-electron chi connectivity index (χ3n) is 8.30. The number of nitrogens with one attached hydrogen (secondary N) is 3. The average Bonchev–Trinajstić information content (AvgIpc) is 2.99. The first-order chi connectivity index (χ1) is 21.2. The monoisotopic (exact) mass is 647 g/mol. The quantitative estimate of drug-likeness (QED) is 0.294. The Morgan fingerprint density at radius 1 is 1.16 bits per heavy atom. The van der Waals surface area contributed by atoms with E-state index in [2.05, 4.69) is 30.8 Å². The zero-order valence-electron chi connectivity index (χ0n) is 25.4. The number of carbonyl (C=O) groups excluding carboxylic acids is 1. The van der Waals surface area contributed by atoms with E-state index in [4.69, 9.17) is 4.74 Å². The zero-order valence-corrected chi connectivity index (χ0v) is 26.2. The minimum absolute atomic E-state index is 0.0815. The van der Waals surface area contributed by atoms with Crippen LogP contribution >= 0.6 is 0 Å². The highest BCUT2D eigenvalue weighted by atomic mass is 32.2. The Balaban J connectivity index is 1.36. The number of benzene rings is 2. The molecule has 1 aromatic heterocycles. The van der Waals surface area contributed by atoms with E-state index >= 15 is 0 Å². The lowest BCUT2D eigenvalue weighted by Crippen LogP contribution is -2.57. The van der Waals surface area contributed by atoms with E-state index in [1.807, 2.05) is 0 Å². The molecule has 1 atom stereocenters. The third kappa shape index (κ3) is 7.41. The van der Waals surface area contributed by atoms with Gasteiger partial charge in [-0.05, 0) is 74.2 Å². The number of anilines is 4. The van der Waals surface area contributed by atoms with Gasteiger partial charge in [0.15, 0.2) is 0 Å². The number of alkyl halides is 3. The molecule has 15 heteroatoms. The maximum Gasteiger partial charge on any atom is 0.421 e. The Morgan fingerprint density at radius 3 is 2.51 bits per heavy atom. The van der Waals surface area contributed by atoms with Gasteiger partial charge in [-0.15, -0.1) is 0 Å². The van der Waals surface area contributed by atoms with Gasteiger partial charge in [-0.1, -0.05) is 12.1 Å². The number of amides is 1. The molecule has 242 valence electrons. The lowest BCUT2D eigenvalue weighted by molar-refractivity contribution is -0.137. The van der Waals surface area contributed by atoms with Crippen LogP contribution in [0.25, 0.3) is 0 Å². The van der Waals surface area contributed by atoms with Gasteiger partial charge in [0.2, 0.25) is 16.0 Å². The molecule has 0 saturated carbocycles. The van der Waals surface area contributed by atoms with E-state index in [0.717, 1.165) is 48.6 Å². The lowest BCUT2D eigenvalue weighted by Gasteiger charge is -2.44. The fourth-order valence-electron chi connectivity index (χ4n) is 5.69. The number of ether oxygens (including phenoxy) is 1. The number of rotatable bonds is 10. The molecule has 0 spiro atoms. The van der Waals surface area contributed by atoms with Crippen LogP contribution in [0.2, 0.25) is 0 Å². The van der Waals surface area contributed by atoms with Crippen molar-refractivity contribution in [3.8, 4) is 5.75 Å². The molecular weight excluding hydrogens is 611 g/mol. The number of aryl methyl sites for hydroxylation is 1. The molecule has 2 aromatic carbocycles. The molecule has 3 aromatic rings. The number of nitrogens with zero attached hydrogens (tertiary/aromatic N) is 4. The van der Waals surface area contributed by atoms with Crippen molar-refractivity contribution in [1.29, 1.82) is 0 Å². The van der Waals surface area contributed by atoms with Gasteiger partial charge in [-0.25, -0.2) is 13.4 Å². The Bertz CT molecular complexity index is 1680. The Hall–Kier alpha value is -4.11. The van der Waals surface area contributed by atoms with Gasteiger partial charge in [-0.3, -0.25) is 9.10 Å². The summed E-state index contributed by atoms with van der Waals surface area (Å²) in [7, 11) is -0.829. The van der Waals surface area contributed by atoms with Gasteiger partial charge < -0.3 is 25.6 Å². The summed E-state index contributed by atoms with van der Waals surface area (Å²) in [6, 6.07) is 9.84. The maximum absolute atomic E-state index is 13.9. The molecule has 45 heavy (non-hydrogen) atoms. The van der Waals surface area contributed by atoms with Crippen LogP contribution in [0.3, 0.4) is 0 Å². The Morgan fingerprint density at radius 2 is 1.89 bits per heavy atom. The lowest BCUT2D eigenvalue weighted by atomic mass is 9.84. The number of methoxy groups -OCH3 is 1. The predicted molar refractivity (Wildman–Crippen MR) is 165 cm³/mol. The number of hydrogen-bond acceptors (Lipinski definition) is 9. The zero-order chi connectivity index (χ0) is 32.5. The Kier molecular flexibility index (Phi) is 9.12. The van der Waals surface area contributed by atoms with Crippen LogP contribution in [0.4, 0.5) is 36.3 Å². The van der Waals surface area contributed by atoms with Crippen LogP contribution in [0.1, 0.15) is 39.9 Å². The van der Waals surface area contributed by atoms with Crippen molar-refractivity contribution in [2.45, 2.75) is 38.5 Å². The maximum atomic E-state index is 13.9. The molecule has 0 radical (unpaired) electrons. The molecule has 0 unspecified atom stereocenters. The van der Waals surface area contributed by atoms with Crippen molar-refractivity contribution in [2.24, 2.45) is 5.92 Å². The minimum Gasteiger partial charge on any atom is -0.495 e. The van der Waals surface area contributed by atoms with Crippen molar-refractivity contribution >= 4 is 39.1 Å². The molecule has 1 amide bonds. The molecule has 3 aliphatic heterocycles. The minimum atomic E-state index is -4.76. The first-order valence-corrected chi connectivity index (χ1v) is 16.3. The summed E-state index contributed by atoms with van der Waals surface area (Å²) in [5.74, 6) is -0.137. The standard InChI is InChI=1S/C30H36F3N7O4S/c1-18-5-6-21(25(13-18)39(2)45(4,42)43)15-34-27-22(30(31,32)33)16-35-29(38-27)37-23-8-7-20(14-26(23)44-3)28(41)36-24-17-40-11-9-19(24)10-12-40/h5-8,13-14,16,19,24H,9-12,15,17H2,1-4H3,(H,36,41)(H2,34,35,37,38)/t24-/m1/s1. The Labute approximate surface area is 260 Å². The number of hydrogen-bond donors (Lipinski definition) is 3. The van der Waals surface area contributed by atoms with Gasteiger partial charge in [0.1, 0.15) is 17.1 Å². The number of piperidine rings is 3. The third-order valence-corrected chi connectivity index (χ3v) is 9.49. The van der Waals surface area contributed by atoms with Crippen LogP contribution in [-0.4, -0.2) is 75.3 Å². The van der Waals surface area contributed by atoms with Gasteiger partial charge >= 0.3 is 6.18 Å². The molecule has 3 N–H and O–H groups in total. The summed E-state index contributed by atoms with van der Waals surface area (Å²) in [5.41, 5.74) is 1.20. The topological polar surface area (TPSA) is 129 Å². The van der Waals surface area contributed by atoms with Crippen LogP contribution < -0.4 is 25.0 Å². The smallest absolute Gasteiger partial charge is 0.421 e. The van der Waals surface area contributed by atoms with E-state index in [0.29, 0.717) is 34.6 Å². The summed E-state index contributed by atoms with van der Waals surface area (Å²) in [5, 5.41) is 8.73. The number of carbonyl (C=O) groups is 1. The van der Waals surface area contributed by atoms with Crippen molar-refractivity contribution in [3.63, 3.8) is 0 Å². The van der Waals surface area contributed by atoms with Crippen LogP contribution in [0, 0.1) is 12.8 Å². The fourth-order valence-corrected chi connectivity index (χ4v) is 6.22. The molecule has 4 heterocycles. The highest BCUT2D eigenvalue weighted by molar-refractivity contribution is 7.92. The van der Waals surface area contributed by atoms with E-state index in [1.54, 1.807) is 43.3 Å². The van der Waals surface area contributed by atoms with Gasteiger partial charge in [-0.2, -0.15) is 18.2 Å². The summed E-state index contributed by atoms with van der Waals surface area (Å²) < 4.78 is 72.7. The molecule has 6 rings (SSSR count). The number of sulfonamides is 1.